The fourth-order valence-electron chi connectivity index (χ4n) is 2.67. The zero-order valence-electron chi connectivity index (χ0n) is 10.4. The molecule has 0 radical (unpaired) electrons. The first-order chi connectivity index (χ1) is 8.41. The Hall–Kier alpha value is -0.850. The van der Waals surface area contributed by atoms with Crippen LogP contribution in [0.3, 0.4) is 0 Å². The van der Waals surface area contributed by atoms with Crippen LogP contribution in [0.2, 0.25) is 0 Å². The molecule has 5 heteroatoms. The Morgan fingerprint density at radius 3 is 2.72 bits per heavy atom. The van der Waals surface area contributed by atoms with Crippen LogP contribution in [0.5, 0.6) is 0 Å². The van der Waals surface area contributed by atoms with E-state index >= 15 is 0 Å². The number of nitrogens with zero attached hydrogens (tertiary/aromatic N) is 2. The molecule has 1 saturated carbocycles. The number of nitrogen functional groups attached to an aromatic ring is 1. The smallest absolute Gasteiger partial charge is 0.201 e. The minimum Gasteiger partial charge on any atom is -0.369 e. The second kappa shape index (κ2) is 3.82. The van der Waals surface area contributed by atoms with Crippen LogP contribution < -0.4 is 5.73 Å². The number of rotatable bonds is 2. The lowest BCUT2D eigenvalue weighted by Crippen LogP contribution is -2.29. The molecule has 2 N–H and O–H groups in total. The highest BCUT2D eigenvalue weighted by molar-refractivity contribution is 14.1. The molecular formula is C13H15FIN3. The number of hydrogen-bond donors (Lipinski definition) is 1. The number of halogens is 2. The van der Waals surface area contributed by atoms with Gasteiger partial charge in [-0.1, -0.05) is 0 Å². The zero-order valence-corrected chi connectivity index (χ0v) is 12.5. The summed E-state index contributed by atoms with van der Waals surface area (Å²) in [7, 11) is 0. The summed E-state index contributed by atoms with van der Waals surface area (Å²) in [6.07, 6.45) is 2.41. The van der Waals surface area contributed by atoms with Crippen molar-refractivity contribution >= 4 is 39.6 Å². The van der Waals surface area contributed by atoms with Gasteiger partial charge in [-0.3, -0.25) is 0 Å². The van der Waals surface area contributed by atoms with Crippen LogP contribution in [0, 0.1) is 15.3 Å². The predicted octanol–water partition coefficient (Wildman–Crippen LogP) is 3.51. The molecule has 96 valence electrons. The Balaban J connectivity index is 2.28. The highest BCUT2D eigenvalue weighted by Gasteiger charge is 2.41. The van der Waals surface area contributed by atoms with E-state index in [4.69, 9.17) is 5.73 Å². The van der Waals surface area contributed by atoms with E-state index in [1.807, 2.05) is 27.2 Å². The lowest BCUT2D eigenvalue weighted by atomic mass is 9.98. The SMILES string of the molecule is CC(C)(C1CC1)n1c(N)nc2cc(I)c(F)cc21. The molecule has 1 aliphatic rings. The minimum absolute atomic E-state index is 0.0991. The number of aromatic nitrogens is 2. The number of fused-ring (bicyclic) bond motifs is 1. The molecule has 0 bridgehead atoms. The second-order valence-electron chi connectivity index (χ2n) is 5.49. The number of nitrogens with two attached hydrogens (primary N) is 1. The van der Waals surface area contributed by atoms with Crippen LogP contribution in [0.1, 0.15) is 26.7 Å². The fourth-order valence-corrected chi connectivity index (χ4v) is 3.12. The van der Waals surface area contributed by atoms with Gasteiger partial charge in [0.15, 0.2) is 0 Å². The first-order valence-corrected chi connectivity index (χ1v) is 7.12. The average molecular weight is 359 g/mol. The van der Waals surface area contributed by atoms with Crippen LogP contribution in [-0.2, 0) is 5.54 Å². The molecule has 0 atom stereocenters. The van der Waals surface area contributed by atoms with Gasteiger partial charge in [-0.05, 0) is 61.3 Å². The Kier molecular flexibility index (Phi) is 2.59. The maximum absolute atomic E-state index is 13.8. The van der Waals surface area contributed by atoms with Gasteiger partial charge in [-0.25, -0.2) is 9.37 Å². The second-order valence-corrected chi connectivity index (χ2v) is 6.65. The van der Waals surface area contributed by atoms with Crippen molar-refractivity contribution in [2.45, 2.75) is 32.2 Å². The van der Waals surface area contributed by atoms with E-state index in [0.29, 0.717) is 15.4 Å². The minimum atomic E-state index is -0.212. The molecule has 1 aromatic carbocycles. The van der Waals surface area contributed by atoms with Gasteiger partial charge in [-0.2, -0.15) is 0 Å². The summed E-state index contributed by atoms with van der Waals surface area (Å²) in [6.45, 7) is 4.30. The molecule has 0 spiro atoms. The largest absolute Gasteiger partial charge is 0.369 e. The normalized spacial score (nSPS) is 16.4. The number of hydrogen-bond acceptors (Lipinski definition) is 2. The standard InChI is InChI=1S/C13H15FIN3/c1-13(2,7-3-4-7)18-11-5-8(14)9(15)6-10(11)17-12(18)16/h5-7H,3-4H2,1-2H3,(H2,16,17). The van der Waals surface area contributed by atoms with Gasteiger partial charge in [0.25, 0.3) is 0 Å². The molecule has 3 nitrogen and oxygen atoms in total. The van der Waals surface area contributed by atoms with Gasteiger partial charge in [0, 0.05) is 11.6 Å². The lowest BCUT2D eigenvalue weighted by molar-refractivity contribution is 0.318. The summed E-state index contributed by atoms with van der Waals surface area (Å²) in [6, 6.07) is 3.30. The van der Waals surface area contributed by atoms with E-state index in [1.54, 1.807) is 12.1 Å². The third-order valence-electron chi connectivity index (χ3n) is 3.88. The van der Waals surface area contributed by atoms with Gasteiger partial charge >= 0.3 is 0 Å². The van der Waals surface area contributed by atoms with Crippen molar-refractivity contribution in [2.24, 2.45) is 5.92 Å². The first kappa shape index (κ1) is 12.2. The molecule has 0 saturated heterocycles. The van der Waals surface area contributed by atoms with E-state index in [2.05, 4.69) is 18.8 Å². The molecule has 1 fully saturated rings. The summed E-state index contributed by atoms with van der Waals surface area (Å²) >= 11 is 1.97. The van der Waals surface area contributed by atoms with E-state index in [-0.39, 0.29) is 11.4 Å². The van der Waals surface area contributed by atoms with Gasteiger partial charge in [-0.15, -0.1) is 0 Å². The first-order valence-electron chi connectivity index (χ1n) is 6.04. The van der Waals surface area contributed by atoms with Gasteiger partial charge in [0.05, 0.1) is 14.6 Å². The Morgan fingerprint density at radius 2 is 2.11 bits per heavy atom. The highest BCUT2D eigenvalue weighted by Crippen LogP contribution is 2.46. The molecule has 1 aromatic heterocycles. The molecule has 3 rings (SSSR count). The van der Waals surface area contributed by atoms with Gasteiger partial charge < -0.3 is 10.3 Å². The Bertz CT molecular complexity index is 629. The van der Waals surface area contributed by atoms with Crippen molar-refractivity contribution in [1.82, 2.24) is 9.55 Å². The fraction of sp³-hybridized carbons (Fsp3) is 0.462. The maximum atomic E-state index is 13.8. The summed E-state index contributed by atoms with van der Waals surface area (Å²) in [4.78, 5) is 4.36. The molecular weight excluding hydrogens is 344 g/mol. The molecule has 0 aliphatic heterocycles. The van der Waals surface area contributed by atoms with Crippen molar-refractivity contribution in [2.75, 3.05) is 5.73 Å². The monoisotopic (exact) mass is 359 g/mol. The van der Waals surface area contributed by atoms with Crippen molar-refractivity contribution in [3.8, 4) is 0 Å². The quantitative estimate of drug-likeness (QED) is 0.834. The maximum Gasteiger partial charge on any atom is 0.201 e. The van der Waals surface area contributed by atoms with E-state index in [0.717, 1.165) is 11.0 Å². The average Bonchev–Trinajstić information content (AvgIpc) is 3.05. The third kappa shape index (κ3) is 1.71. The van der Waals surface area contributed by atoms with Crippen LogP contribution >= 0.6 is 22.6 Å². The van der Waals surface area contributed by atoms with Crippen molar-refractivity contribution in [1.29, 1.82) is 0 Å². The number of benzene rings is 1. The van der Waals surface area contributed by atoms with Crippen LogP contribution in [0.25, 0.3) is 11.0 Å². The molecule has 18 heavy (non-hydrogen) atoms. The summed E-state index contributed by atoms with van der Waals surface area (Å²) in [5.74, 6) is 0.874. The molecule has 1 heterocycles. The molecule has 0 amide bonds. The van der Waals surface area contributed by atoms with Crippen LogP contribution in [-0.4, -0.2) is 9.55 Å². The molecule has 2 aromatic rings. The lowest BCUT2D eigenvalue weighted by Gasteiger charge is -2.28. The van der Waals surface area contributed by atoms with Crippen molar-refractivity contribution in [3.63, 3.8) is 0 Å². The summed E-state index contributed by atoms with van der Waals surface area (Å²) in [5.41, 5.74) is 7.50. The van der Waals surface area contributed by atoms with Gasteiger partial charge in [0.1, 0.15) is 5.82 Å². The zero-order chi connectivity index (χ0) is 13.1. The van der Waals surface area contributed by atoms with E-state index in [9.17, 15) is 4.39 Å². The van der Waals surface area contributed by atoms with Crippen LogP contribution in [0.15, 0.2) is 12.1 Å². The highest BCUT2D eigenvalue weighted by atomic mass is 127. The Morgan fingerprint density at radius 1 is 1.44 bits per heavy atom. The molecule has 1 aliphatic carbocycles. The van der Waals surface area contributed by atoms with Gasteiger partial charge in [0.2, 0.25) is 5.95 Å². The predicted molar refractivity (Wildman–Crippen MR) is 78.9 cm³/mol. The van der Waals surface area contributed by atoms with E-state index < -0.39 is 0 Å². The number of anilines is 1. The molecule has 0 unspecified atom stereocenters. The topological polar surface area (TPSA) is 43.8 Å². The summed E-state index contributed by atoms with van der Waals surface area (Å²) in [5, 5.41) is 0. The van der Waals surface area contributed by atoms with Crippen molar-refractivity contribution in [3.05, 3.63) is 21.5 Å². The number of imidazole rings is 1. The van der Waals surface area contributed by atoms with E-state index in [1.165, 1.54) is 12.8 Å². The summed E-state index contributed by atoms with van der Waals surface area (Å²) < 4.78 is 16.3. The Labute approximate surface area is 119 Å². The van der Waals surface area contributed by atoms with Crippen LogP contribution in [0.4, 0.5) is 10.3 Å². The third-order valence-corrected chi connectivity index (χ3v) is 4.70. The van der Waals surface area contributed by atoms with Crippen molar-refractivity contribution < 1.29 is 4.39 Å².